The highest BCUT2D eigenvalue weighted by atomic mass is 16.5. The molecule has 1 aliphatic rings. The van der Waals surface area contributed by atoms with E-state index in [2.05, 4.69) is 20.3 Å². The van der Waals surface area contributed by atoms with Crippen LogP contribution in [-0.4, -0.2) is 35.3 Å². The molecule has 0 saturated carbocycles. The zero-order valence-corrected chi connectivity index (χ0v) is 14.9. The summed E-state index contributed by atoms with van der Waals surface area (Å²) >= 11 is 0. The summed E-state index contributed by atoms with van der Waals surface area (Å²) in [4.78, 5) is 24.3. The van der Waals surface area contributed by atoms with Crippen LogP contribution in [0, 0.1) is 13.8 Å². The van der Waals surface area contributed by atoms with Gasteiger partial charge in [0, 0.05) is 48.7 Å². The predicted octanol–water partition coefficient (Wildman–Crippen LogP) is 2.04. The van der Waals surface area contributed by atoms with Crippen LogP contribution in [0.3, 0.4) is 0 Å². The largest absolute Gasteiger partial charge is 0.381 e. The molecule has 134 valence electrons. The van der Waals surface area contributed by atoms with Crippen molar-refractivity contribution in [1.82, 2.24) is 15.0 Å². The number of rotatable bonds is 6. The van der Waals surface area contributed by atoms with E-state index in [-0.39, 0.29) is 5.43 Å². The Kier molecular flexibility index (Phi) is 5.45. The molecule has 0 aromatic carbocycles. The molecule has 1 atom stereocenters. The third kappa shape index (κ3) is 4.05. The second-order valence-electron chi connectivity index (χ2n) is 6.35. The average Bonchev–Trinajstić information content (AvgIpc) is 3.14. The van der Waals surface area contributed by atoms with Gasteiger partial charge in [-0.1, -0.05) is 0 Å². The van der Waals surface area contributed by atoms with Crippen LogP contribution in [0.15, 0.2) is 17.1 Å². The first kappa shape index (κ1) is 17.6. The van der Waals surface area contributed by atoms with Crippen molar-refractivity contribution in [3.63, 3.8) is 0 Å². The number of pyridine rings is 1. The molecule has 0 spiro atoms. The van der Waals surface area contributed by atoms with Crippen LogP contribution < -0.4 is 10.7 Å². The summed E-state index contributed by atoms with van der Waals surface area (Å²) in [5.74, 6) is 1.66. The van der Waals surface area contributed by atoms with Crippen molar-refractivity contribution >= 4 is 5.82 Å². The monoisotopic (exact) mass is 344 g/mol. The molecule has 2 aromatic heterocycles. The smallest absolute Gasteiger partial charge is 0.187 e. The van der Waals surface area contributed by atoms with Crippen LogP contribution in [0.1, 0.15) is 40.7 Å². The van der Waals surface area contributed by atoms with Crippen LogP contribution in [0.4, 0.5) is 5.82 Å². The summed E-state index contributed by atoms with van der Waals surface area (Å²) in [6, 6.07) is 1.96. The molecular formula is C18H24N4O3. The van der Waals surface area contributed by atoms with E-state index < -0.39 is 0 Å². The summed E-state index contributed by atoms with van der Waals surface area (Å²) in [5, 5.41) is 3.29. The second kappa shape index (κ2) is 7.76. The van der Waals surface area contributed by atoms with Gasteiger partial charge < -0.3 is 19.8 Å². The van der Waals surface area contributed by atoms with E-state index in [9.17, 15) is 4.79 Å². The Morgan fingerprint density at radius 1 is 1.40 bits per heavy atom. The molecule has 0 amide bonds. The van der Waals surface area contributed by atoms with E-state index in [0.717, 1.165) is 35.8 Å². The topological polar surface area (TPSA) is 89.1 Å². The molecule has 1 aliphatic heterocycles. The Labute approximate surface area is 146 Å². The van der Waals surface area contributed by atoms with E-state index in [4.69, 9.17) is 9.47 Å². The van der Waals surface area contributed by atoms with Crippen LogP contribution in [0.5, 0.6) is 0 Å². The molecule has 2 aromatic rings. The lowest BCUT2D eigenvalue weighted by atomic mass is 10.0. The number of nitrogens with one attached hydrogen (secondary N) is 2. The third-order valence-electron chi connectivity index (χ3n) is 4.47. The van der Waals surface area contributed by atoms with Gasteiger partial charge in [0.15, 0.2) is 11.3 Å². The number of nitrogens with zero attached hydrogens (tertiary/aromatic N) is 2. The lowest BCUT2D eigenvalue weighted by Crippen LogP contribution is -2.16. The van der Waals surface area contributed by atoms with E-state index in [1.165, 1.54) is 0 Å². The average molecular weight is 344 g/mol. The minimum atomic E-state index is 0.0714. The first-order valence-corrected chi connectivity index (χ1v) is 8.44. The fourth-order valence-corrected chi connectivity index (χ4v) is 2.94. The standard InChI is InChI=1S/C18H24N4O3/c1-11-7-19-15(12(2)18(11)23)8-20-16-6-14(13-4-5-25-9-13)21-17(22-16)10-24-3/h6-7,13H,4-5,8-10H2,1-3H3,(H,19,23)(H,20,21,22)/t13-/m0/s1. The molecular weight excluding hydrogens is 320 g/mol. The molecule has 0 radical (unpaired) electrons. The molecule has 3 rings (SSSR count). The van der Waals surface area contributed by atoms with Crippen LogP contribution >= 0.6 is 0 Å². The fraction of sp³-hybridized carbons (Fsp3) is 0.500. The van der Waals surface area contributed by atoms with Gasteiger partial charge in [-0.3, -0.25) is 4.79 Å². The third-order valence-corrected chi connectivity index (χ3v) is 4.47. The number of methoxy groups -OCH3 is 1. The number of hydrogen-bond acceptors (Lipinski definition) is 6. The maximum atomic E-state index is 12.1. The highest BCUT2D eigenvalue weighted by Crippen LogP contribution is 2.25. The quantitative estimate of drug-likeness (QED) is 0.834. The van der Waals surface area contributed by atoms with Gasteiger partial charge in [-0.2, -0.15) is 0 Å². The Morgan fingerprint density at radius 3 is 2.96 bits per heavy atom. The molecule has 2 N–H and O–H groups in total. The van der Waals surface area contributed by atoms with Crippen molar-refractivity contribution < 1.29 is 9.47 Å². The zero-order chi connectivity index (χ0) is 17.8. The Balaban J connectivity index is 1.81. The SMILES string of the molecule is COCc1nc(NCc2[nH]cc(C)c(=O)c2C)cc([C@H]2CCOC2)n1. The van der Waals surface area contributed by atoms with Gasteiger partial charge in [-0.15, -0.1) is 0 Å². The van der Waals surface area contributed by atoms with Gasteiger partial charge >= 0.3 is 0 Å². The number of aromatic amines is 1. The Hall–Kier alpha value is -2.25. The van der Waals surface area contributed by atoms with Crippen molar-refractivity contribution in [1.29, 1.82) is 0 Å². The lowest BCUT2D eigenvalue weighted by molar-refractivity contribution is 0.177. The van der Waals surface area contributed by atoms with E-state index in [1.807, 2.05) is 13.0 Å². The van der Waals surface area contributed by atoms with E-state index in [0.29, 0.717) is 37.1 Å². The molecule has 1 saturated heterocycles. The summed E-state index contributed by atoms with van der Waals surface area (Å²) < 4.78 is 10.6. The first-order chi connectivity index (χ1) is 12.1. The first-order valence-electron chi connectivity index (χ1n) is 8.44. The minimum Gasteiger partial charge on any atom is -0.381 e. The molecule has 0 bridgehead atoms. The van der Waals surface area contributed by atoms with E-state index in [1.54, 1.807) is 20.2 Å². The van der Waals surface area contributed by atoms with Gasteiger partial charge in [0.25, 0.3) is 0 Å². The zero-order valence-electron chi connectivity index (χ0n) is 14.9. The fourth-order valence-electron chi connectivity index (χ4n) is 2.94. The highest BCUT2D eigenvalue weighted by Gasteiger charge is 2.20. The van der Waals surface area contributed by atoms with Crippen molar-refractivity contribution in [3.8, 4) is 0 Å². The number of aromatic nitrogens is 3. The Bertz CT molecular complexity index is 797. The predicted molar refractivity (Wildman–Crippen MR) is 94.8 cm³/mol. The number of hydrogen-bond donors (Lipinski definition) is 2. The minimum absolute atomic E-state index is 0.0714. The summed E-state index contributed by atoms with van der Waals surface area (Å²) in [6.45, 7) is 5.94. The molecule has 7 heteroatoms. The normalized spacial score (nSPS) is 17.0. The van der Waals surface area contributed by atoms with Gasteiger partial charge in [-0.25, -0.2) is 9.97 Å². The van der Waals surface area contributed by atoms with Crippen molar-refractivity contribution in [3.05, 3.63) is 50.8 Å². The number of ether oxygens (including phenoxy) is 2. The van der Waals surface area contributed by atoms with Crippen LogP contribution in [-0.2, 0) is 22.6 Å². The van der Waals surface area contributed by atoms with Crippen LogP contribution in [0.25, 0.3) is 0 Å². The second-order valence-corrected chi connectivity index (χ2v) is 6.35. The maximum Gasteiger partial charge on any atom is 0.187 e. The highest BCUT2D eigenvalue weighted by molar-refractivity contribution is 5.39. The molecule has 1 fully saturated rings. The number of anilines is 1. The molecule has 25 heavy (non-hydrogen) atoms. The molecule has 3 heterocycles. The van der Waals surface area contributed by atoms with Gasteiger partial charge in [-0.05, 0) is 20.3 Å². The maximum absolute atomic E-state index is 12.1. The lowest BCUT2D eigenvalue weighted by Gasteiger charge is -2.13. The molecule has 0 unspecified atom stereocenters. The van der Waals surface area contributed by atoms with Gasteiger partial charge in [0.1, 0.15) is 12.4 Å². The van der Waals surface area contributed by atoms with Crippen molar-refractivity contribution in [2.24, 2.45) is 0 Å². The molecule has 7 nitrogen and oxygen atoms in total. The van der Waals surface area contributed by atoms with Crippen LogP contribution in [0.2, 0.25) is 0 Å². The summed E-state index contributed by atoms with van der Waals surface area (Å²) in [5.41, 5.74) is 3.34. The van der Waals surface area contributed by atoms with Crippen molar-refractivity contribution in [2.45, 2.75) is 39.3 Å². The van der Waals surface area contributed by atoms with Crippen molar-refractivity contribution in [2.75, 3.05) is 25.6 Å². The molecule has 0 aliphatic carbocycles. The van der Waals surface area contributed by atoms with Gasteiger partial charge in [0.2, 0.25) is 0 Å². The number of H-pyrrole nitrogens is 1. The van der Waals surface area contributed by atoms with E-state index >= 15 is 0 Å². The number of aryl methyl sites for hydroxylation is 1. The summed E-state index contributed by atoms with van der Waals surface area (Å²) in [7, 11) is 1.63. The Morgan fingerprint density at radius 2 is 2.24 bits per heavy atom. The van der Waals surface area contributed by atoms with Gasteiger partial charge in [0.05, 0.1) is 18.8 Å². The summed E-state index contributed by atoms with van der Waals surface area (Å²) in [6.07, 6.45) is 2.71.